The van der Waals surface area contributed by atoms with Crippen molar-refractivity contribution in [3.63, 3.8) is 0 Å². The molecule has 0 bridgehead atoms. The van der Waals surface area contributed by atoms with E-state index in [1.165, 1.54) is 14.1 Å². The second-order valence-electron chi connectivity index (χ2n) is 10.5. The molecule has 2 aromatic heterocycles. The maximum atomic E-state index is 12.8. The molecule has 6 rings (SSSR count). The molecule has 44 heavy (non-hydrogen) atoms. The zero-order chi connectivity index (χ0) is 30.1. The van der Waals surface area contributed by atoms with Gasteiger partial charge in [0.2, 0.25) is 0 Å². The van der Waals surface area contributed by atoms with Crippen molar-refractivity contribution < 1.29 is 47.8 Å². The standard InChI is InChI=1S/C16H16N2O2S.C16H14N2O2S.B.Na.H/c2*1-12-5-7-14(8-6-12)21(19,20)18-10-9-15-13(11-17)3-2-4-16(15)18;;;/h5-10,13H,2-4H2,1H3;3,5-10H,2,4H2,1H3;;;/q;;;+1;-1. The van der Waals surface area contributed by atoms with Gasteiger partial charge in [0.1, 0.15) is 0 Å². The first-order valence-electron chi connectivity index (χ1n) is 13.6. The van der Waals surface area contributed by atoms with Crippen molar-refractivity contribution in [2.24, 2.45) is 0 Å². The molecule has 0 N–H and O–H groups in total. The molecule has 2 aromatic carbocycles. The number of fused-ring (bicyclic) bond motifs is 2. The van der Waals surface area contributed by atoms with Gasteiger partial charge in [0.15, 0.2) is 0 Å². The molecule has 0 fully saturated rings. The SMILES string of the molecule is Cc1ccc(S(=O)(=O)n2ccc3c2CCC=C3C#N)cc1.Cc1ccc(S(=O)(=O)n2ccc3c2CCCC3C#N)cc1.[B].[H-].[Na+]. The molecule has 1 unspecified atom stereocenters. The molecule has 0 saturated carbocycles. The van der Waals surface area contributed by atoms with Crippen LogP contribution in [-0.2, 0) is 32.9 Å². The topological polar surface area (TPSA) is 126 Å². The number of benzene rings is 2. The number of aryl methyl sites for hydroxylation is 2. The van der Waals surface area contributed by atoms with Gasteiger partial charge >= 0.3 is 29.6 Å². The van der Waals surface area contributed by atoms with E-state index >= 15 is 0 Å². The van der Waals surface area contributed by atoms with Crippen LogP contribution in [0.3, 0.4) is 0 Å². The summed E-state index contributed by atoms with van der Waals surface area (Å²) in [6.45, 7) is 3.84. The summed E-state index contributed by atoms with van der Waals surface area (Å²) in [7, 11) is -7.18. The molecule has 4 aromatic rings. The third kappa shape index (κ3) is 6.68. The molecular formula is C32H31BN4NaO4S2. The van der Waals surface area contributed by atoms with Crippen LogP contribution in [0, 0.1) is 36.5 Å². The van der Waals surface area contributed by atoms with Crippen molar-refractivity contribution in [2.45, 2.75) is 61.7 Å². The fourth-order valence-electron chi connectivity index (χ4n) is 5.40. The van der Waals surface area contributed by atoms with E-state index in [0.29, 0.717) is 30.5 Å². The summed E-state index contributed by atoms with van der Waals surface area (Å²) in [5.74, 6) is -0.191. The summed E-state index contributed by atoms with van der Waals surface area (Å²) in [4.78, 5) is 0.546. The zero-order valence-corrected chi connectivity index (χ0v) is 28.6. The molecule has 0 amide bonds. The minimum Gasteiger partial charge on any atom is -1.00 e. The number of aromatic nitrogens is 2. The monoisotopic (exact) mass is 633 g/mol. The molecule has 12 heteroatoms. The van der Waals surface area contributed by atoms with Crippen LogP contribution in [0.1, 0.15) is 60.2 Å². The smallest absolute Gasteiger partial charge is 1.00 e. The van der Waals surface area contributed by atoms with Gasteiger partial charge in [0, 0.05) is 37.8 Å². The van der Waals surface area contributed by atoms with Crippen molar-refractivity contribution >= 4 is 34.0 Å². The van der Waals surface area contributed by atoms with Crippen LogP contribution in [0.2, 0.25) is 0 Å². The number of hydrogen-bond donors (Lipinski definition) is 0. The van der Waals surface area contributed by atoms with Gasteiger partial charge in [-0.2, -0.15) is 10.5 Å². The van der Waals surface area contributed by atoms with Gasteiger partial charge in [-0.3, -0.25) is 0 Å². The van der Waals surface area contributed by atoms with E-state index in [9.17, 15) is 22.1 Å². The molecule has 8 nitrogen and oxygen atoms in total. The fraction of sp³-hybridized carbons (Fsp3) is 0.250. The van der Waals surface area contributed by atoms with E-state index < -0.39 is 20.0 Å². The van der Waals surface area contributed by atoms with Crippen LogP contribution in [0.5, 0.6) is 0 Å². The van der Waals surface area contributed by atoms with Crippen LogP contribution in [0.15, 0.2) is 88.9 Å². The summed E-state index contributed by atoms with van der Waals surface area (Å²) < 4.78 is 53.6. The Labute approximate surface area is 285 Å². The van der Waals surface area contributed by atoms with Gasteiger partial charge in [-0.25, -0.2) is 24.8 Å². The van der Waals surface area contributed by atoms with Crippen molar-refractivity contribution in [1.82, 2.24) is 7.94 Å². The average molecular weight is 634 g/mol. The van der Waals surface area contributed by atoms with Gasteiger partial charge in [-0.1, -0.05) is 41.5 Å². The number of nitriles is 2. The molecule has 219 valence electrons. The summed E-state index contributed by atoms with van der Waals surface area (Å²) in [6, 6.07) is 21.5. The zero-order valence-electron chi connectivity index (χ0n) is 25.9. The summed E-state index contributed by atoms with van der Waals surface area (Å²) in [5.41, 5.74) is 5.61. The van der Waals surface area contributed by atoms with Gasteiger partial charge in [0.25, 0.3) is 20.0 Å². The van der Waals surface area contributed by atoms with Gasteiger partial charge in [-0.15, -0.1) is 0 Å². The second-order valence-corrected chi connectivity index (χ2v) is 14.1. The molecule has 2 aliphatic rings. The van der Waals surface area contributed by atoms with E-state index in [-0.39, 0.29) is 55.1 Å². The molecule has 2 aliphatic carbocycles. The van der Waals surface area contributed by atoms with Crippen molar-refractivity contribution in [3.05, 3.63) is 113 Å². The van der Waals surface area contributed by atoms with Gasteiger partial charge in [-0.05, 0) is 87.9 Å². The van der Waals surface area contributed by atoms with Crippen LogP contribution in [0.4, 0.5) is 0 Å². The van der Waals surface area contributed by atoms with E-state index in [1.807, 2.05) is 19.9 Å². The number of hydrogen-bond acceptors (Lipinski definition) is 6. The van der Waals surface area contributed by atoms with E-state index in [4.69, 9.17) is 5.26 Å². The Kier molecular flexibility index (Phi) is 11.3. The summed E-state index contributed by atoms with van der Waals surface area (Å²) in [6.07, 6.45) is 8.63. The Morgan fingerprint density at radius 2 is 1.30 bits per heavy atom. The normalized spacial score (nSPS) is 15.4. The van der Waals surface area contributed by atoms with Crippen molar-refractivity contribution in [3.8, 4) is 12.1 Å². The Morgan fingerprint density at radius 1 is 0.773 bits per heavy atom. The average Bonchev–Trinajstić information content (AvgIpc) is 3.63. The van der Waals surface area contributed by atoms with Gasteiger partial charge < -0.3 is 1.43 Å². The minimum atomic E-state index is -3.61. The Bertz CT molecular complexity index is 1990. The molecule has 0 spiro atoms. The third-order valence-corrected chi connectivity index (χ3v) is 11.1. The molecule has 1 atom stereocenters. The van der Waals surface area contributed by atoms with Crippen LogP contribution in [-0.4, -0.2) is 33.2 Å². The van der Waals surface area contributed by atoms with E-state index in [1.54, 1.807) is 66.9 Å². The Hall–Kier alpha value is -3.32. The van der Waals surface area contributed by atoms with Crippen LogP contribution >= 0.6 is 0 Å². The third-order valence-electron chi connectivity index (χ3n) is 7.68. The van der Waals surface area contributed by atoms with Crippen LogP contribution in [0.25, 0.3) is 5.57 Å². The minimum absolute atomic E-state index is 0. The predicted octanol–water partition coefficient (Wildman–Crippen LogP) is 2.60. The summed E-state index contributed by atoms with van der Waals surface area (Å²) >= 11 is 0. The Morgan fingerprint density at radius 3 is 1.82 bits per heavy atom. The quantitative estimate of drug-likeness (QED) is 0.318. The van der Waals surface area contributed by atoms with Crippen molar-refractivity contribution in [1.29, 1.82) is 10.5 Å². The Balaban J connectivity index is 0.000000294. The molecule has 3 radical (unpaired) electrons. The maximum Gasteiger partial charge on any atom is 1.00 e. The maximum absolute atomic E-state index is 12.8. The van der Waals surface area contributed by atoms with E-state index in [0.717, 1.165) is 40.8 Å². The number of nitrogens with zero attached hydrogens (tertiary/aromatic N) is 4. The van der Waals surface area contributed by atoms with Gasteiger partial charge in [0.05, 0.1) is 33.4 Å². The fourth-order valence-corrected chi connectivity index (χ4v) is 8.22. The van der Waals surface area contributed by atoms with E-state index in [2.05, 4.69) is 12.1 Å². The number of allylic oxidation sites excluding steroid dienone is 2. The largest absolute Gasteiger partial charge is 1.00 e. The number of rotatable bonds is 4. The molecule has 0 saturated heterocycles. The first kappa shape index (κ1) is 35.2. The molecule has 2 heterocycles. The molecule has 0 aliphatic heterocycles. The predicted molar refractivity (Wildman–Crippen MR) is 166 cm³/mol. The van der Waals surface area contributed by atoms with Crippen molar-refractivity contribution in [2.75, 3.05) is 0 Å². The first-order valence-corrected chi connectivity index (χ1v) is 16.5. The molecular weight excluding hydrogens is 602 g/mol. The second kappa shape index (κ2) is 14.2. The first-order chi connectivity index (χ1) is 20.1. The van der Waals surface area contributed by atoms with Crippen LogP contribution < -0.4 is 29.6 Å². The summed E-state index contributed by atoms with van der Waals surface area (Å²) in [5, 5.41) is 18.3.